The molecule has 0 fully saturated rings. The average Bonchev–Trinajstić information content (AvgIpc) is 2.52. The van der Waals surface area contributed by atoms with Gasteiger partial charge in [-0.15, -0.1) is 11.8 Å². The van der Waals surface area contributed by atoms with Gasteiger partial charge in [-0.3, -0.25) is 0 Å². The average molecular weight is 362 g/mol. The second-order valence-electron chi connectivity index (χ2n) is 4.84. The lowest BCUT2D eigenvalue weighted by Gasteiger charge is -2.21. The third-order valence-electron chi connectivity index (χ3n) is 3.19. The molecule has 0 amide bonds. The lowest BCUT2D eigenvalue weighted by atomic mass is 10.1. The first-order chi connectivity index (χ1) is 10.9. The second kappa shape index (κ2) is 6.59. The van der Waals surface area contributed by atoms with E-state index < -0.39 is 11.7 Å². The summed E-state index contributed by atoms with van der Waals surface area (Å²) in [6, 6.07) is 5.94. The van der Waals surface area contributed by atoms with Crippen LogP contribution in [0.15, 0.2) is 35.5 Å². The Hall–Kier alpha value is -1.44. The summed E-state index contributed by atoms with van der Waals surface area (Å²) in [5.41, 5.74) is 0.963. The molecule has 3 rings (SSSR count). The molecular formula is C15H11ClF3NO2S. The van der Waals surface area contributed by atoms with Crippen molar-refractivity contribution in [2.24, 2.45) is 0 Å². The minimum absolute atomic E-state index is 0.171. The summed E-state index contributed by atoms with van der Waals surface area (Å²) in [6.07, 6.45) is -3.55. The van der Waals surface area contributed by atoms with Crippen molar-refractivity contribution < 1.29 is 22.6 Å². The van der Waals surface area contributed by atoms with Crippen molar-refractivity contribution in [3.63, 3.8) is 0 Å². The summed E-state index contributed by atoms with van der Waals surface area (Å²) in [5, 5.41) is 1.06. The van der Waals surface area contributed by atoms with E-state index in [0.29, 0.717) is 22.4 Å². The van der Waals surface area contributed by atoms with Gasteiger partial charge in [0.1, 0.15) is 5.75 Å². The molecule has 0 unspecified atom stereocenters. The Labute approximate surface area is 139 Å². The zero-order valence-corrected chi connectivity index (χ0v) is 13.3. The van der Waals surface area contributed by atoms with Crippen molar-refractivity contribution >= 4 is 23.4 Å². The van der Waals surface area contributed by atoms with Gasteiger partial charge in [-0.1, -0.05) is 11.6 Å². The van der Waals surface area contributed by atoms with Crippen molar-refractivity contribution in [3.05, 3.63) is 52.2 Å². The number of fused-ring (bicyclic) bond motifs is 1. The zero-order valence-electron chi connectivity index (χ0n) is 11.7. The molecule has 1 aliphatic heterocycles. The number of benzene rings is 1. The van der Waals surface area contributed by atoms with Crippen molar-refractivity contribution in [1.29, 1.82) is 0 Å². The van der Waals surface area contributed by atoms with E-state index in [1.54, 1.807) is 12.1 Å². The normalized spacial score (nSPS) is 14.3. The van der Waals surface area contributed by atoms with Gasteiger partial charge in [-0.2, -0.15) is 13.2 Å². The first kappa shape index (κ1) is 16.4. The van der Waals surface area contributed by atoms with E-state index in [9.17, 15) is 13.2 Å². The molecule has 3 nitrogen and oxygen atoms in total. The number of nitrogens with zero attached hydrogens (tertiary/aromatic N) is 1. The van der Waals surface area contributed by atoms with Crippen LogP contribution in [0, 0.1) is 0 Å². The van der Waals surface area contributed by atoms with E-state index in [1.807, 2.05) is 0 Å². The number of pyridine rings is 1. The van der Waals surface area contributed by atoms with E-state index >= 15 is 0 Å². The fourth-order valence-corrected chi connectivity index (χ4v) is 3.22. The highest BCUT2D eigenvalue weighted by molar-refractivity contribution is 7.98. The molecule has 8 heteroatoms. The summed E-state index contributed by atoms with van der Waals surface area (Å²) in [5.74, 6) is 1.21. The molecule has 0 saturated heterocycles. The molecule has 1 aliphatic rings. The lowest BCUT2D eigenvalue weighted by molar-refractivity contribution is -0.137. The van der Waals surface area contributed by atoms with Gasteiger partial charge in [-0.05, 0) is 24.3 Å². The Balaban J connectivity index is 1.75. The van der Waals surface area contributed by atoms with Gasteiger partial charge < -0.3 is 9.47 Å². The summed E-state index contributed by atoms with van der Waals surface area (Å²) >= 11 is 7.39. The third-order valence-corrected chi connectivity index (χ3v) is 4.40. The molecular weight excluding hydrogens is 351 g/mol. The third kappa shape index (κ3) is 3.91. The number of alkyl halides is 3. The maximum atomic E-state index is 12.5. The fourth-order valence-electron chi connectivity index (χ4n) is 2.15. The molecule has 1 aromatic carbocycles. The Morgan fingerprint density at radius 3 is 2.78 bits per heavy atom. The molecule has 0 N–H and O–H groups in total. The van der Waals surface area contributed by atoms with Crippen LogP contribution in [-0.2, 0) is 23.3 Å². The van der Waals surface area contributed by atoms with Crippen molar-refractivity contribution in [1.82, 2.24) is 4.98 Å². The molecule has 0 aliphatic carbocycles. The molecule has 1 aromatic heterocycles. The molecule has 122 valence electrons. The number of rotatable bonds is 3. The zero-order chi connectivity index (χ0) is 16.4. The highest BCUT2D eigenvalue weighted by Crippen LogP contribution is 2.35. The SMILES string of the molecule is FC(F)(F)c1ccc(SCc2cc(Cl)cc3c2OCOC3)nc1. The summed E-state index contributed by atoms with van der Waals surface area (Å²) in [6.45, 7) is 0.594. The topological polar surface area (TPSA) is 31.4 Å². The Morgan fingerprint density at radius 2 is 2.09 bits per heavy atom. The van der Waals surface area contributed by atoms with Gasteiger partial charge >= 0.3 is 6.18 Å². The largest absolute Gasteiger partial charge is 0.467 e. The van der Waals surface area contributed by atoms with Crippen LogP contribution < -0.4 is 4.74 Å². The van der Waals surface area contributed by atoms with Gasteiger partial charge in [0.15, 0.2) is 6.79 Å². The van der Waals surface area contributed by atoms with E-state index in [2.05, 4.69) is 4.98 Å². The summed E-state index contributed by atoms with van der Waals surface area (Å²) in [7, 11) is 0. The first-order valence-corrected chi connectivity index (χ1v) is 7.98. The van der Waals surface area contributed by atoms with Crippen LogP contribution in [0.5, 0.6) is 5.75 Å². The quantitative estimate of drug-likeness (QED) is 0.727. The molecule has 23 heavy (non-hydrogen) atoms. The van der Waals surface area contributed by atoms with Crippen LogP contribution in [0.25, 0.3) is 0 Å². The molecule has 2 heterocycles. The van der Waals surface area contributed by atoms with E-state index in [-0.39, 0.29) is 6.79 Å². The second-order valence-corrected chi connectivity index (χ2v) is 6.27. The van der Waals surface area contributed by atoms with Gasteiger partial charge in [-0.25, -0.2) is 4.98 Å². The molecule has 0 spiro atoms. The standard InChI is InChI=1S/C15H11ClF3NO2S/c16-12-3-9-6-21-8-22-14(9)10(4-12)7-23-13-2-1-11(5-20-13)15(17,18)19/h1-5H,6-8H2. The van der Waals surface area contributed by atoms with E-state index in [1.165, 1.54) is 17.8 Å². The Bertz CT molecular complexity index is 707. The van der Waals surface area contributed by atoms with Crippen LogP contribution in [-0.4, -0.2) is 11.8 Å². The molecule has 0 saturated carbocycles. The number of hydrogen-bond acceptors (Lipinski definition) is 4. The molecule has 0 atom stereocenters. The molecule has 0 bridgehead atoms. The predicted molar refractivity (Wildman–Crippen MR) is 80.5 cm³/mol. The smallest absolute Gasteiger partial charge is 0.417 e. The Morgan fingerprint density at radius 1 is 1.26 bits per heavy atom. The number of thioether (sulfide) groups is 1. The Kier molecular flexibility index (Phi) is 4.70. The molecule has 0 radical (unpaired) electrons. The van der Waals surface area contributed by atoms with Crippen LogP contribution in [0.4, 0.5) is 13.2 Å². The van der Waals surface area contributed by atoms with Crippen molar-refractivity contribution in [2.75, 3.05) is 6.79 Å². The number of aromatic nitrogens is 1. The highest BCUT2D eigenvalue weighted by Gasteiger charge is 2.30. The van der Waals surface area contributed by atoms with E-state index in [0.717, 1.165) is 29.1 Å². The minimum atomic E-state index is -4.38. The van der Waals surface area contributed by atoms with Crippen LogP contribution in [0.3, 0.4) is 0 Å². The monoisotopic (exact) mass is 361 g/mol. The fraction of sp³-hybridized carbons (Fsp3) is 0.267. The van der Waals surface area contributed by atoms with Crippen molar-refractivity contribution in [2.45, 2.75) is 23.6 Å². The van der Waals surface area contributed by atoms with Crippen LogP contribution in [0.1, 0.15) is 16.7 Å². The first-order valence-electron chi connectivity index (χ1n) is 6.61. The maximum absolute atomic E-state index is 12.5. The van der Waals surface area contributed by atoms with Gasteiger partial charge in [0.05, 0.1) is 17.2 Å². The van der Waals surface area contributed by atoms with Gasteiger partial charge in [0.2, 0.25) is 0 Å². The molecule has 2 aromatic rings. The number of halogens is 4. The van der Waals surface area contributed by atoms with Crippen LogP contribution >= 0.6 is 23.4 Å². The maximum Gasteiger partial charge on any atom is 0.417 e. The van der Waals surface area contributed by atoms with Gasteiger partial charge in [0, 0.05) is 28.1 Å². The highest BCUT2D eigenvalue weighted by atomic mass is 35.5. The van der Waals surface area contributed by atoms with E-state index in [4.69, 9.17) is 21.1 Å². The number of hydrogen-bond donors (Lipinski definition) is 0. The summed E-state index contributed by atoms with van der Waals surface area (Å²) < 4.78 is 48.2. The van der Waals surface area contributed by atoms with Crippen molar-refractivity contribution in [3.8, 4) is 5.75 Å². The minimum Gasteiger partial charge on any atom is -0.467 e. The van der Waals surface area contributed by atoms with Gasteiger partial charge in [0.25, 0.3) is 0 Å². The number of ether oxygens (including phenoxy) is 2. The predicted octanol–water partition coefficient (Wildman–Crippen LogP) is 4.91. The lowest BCUT2D eigenvalue weighted by Crippen LogP contribution is -2.13. The van der Waals surface area contributed by atoms with Crippen LogP contribution in [0.2, 0.25) is 5.02 Å². The summed E-state index contributed by atoms with van der Waals surface area (Å²) in [4.78, 5) is 3.84.